The first kappa shape index (κ1) is 18.9. The van der Waals surface area contributed by atoms with Crippen LogP contribution in [0, 0.1) is 12.7 Å². The van der Waals surface area contributed by atoms with E-state index in [4.69, 9.17) is 5.73 Å². The summed E-state index contributed by atoms with van der Waals surface area (Å²) in [5, 5.41) is 0. The van der Waals surface area contributed by atoms with Gasteiger partial charge in [-0.25, -0.2) is 4.39 Å². The highest BCUT2D eigenvalue weighted by atomic mass is 19.1. The second kappa shape index (κ2) is 7.51. The summed E-state index contributed by atoms with van der Waals surface area (Å²) in [7, 11) is 0. The Kier molecular flexibility index (Phi) is 5.06. The van der Waals surface area contributed by atoms with Gasteiger partial charge in [-0.05, 0) is 37.8 Å². The predicted molar refractivity (Wildman–Crippen MR) is 105 cm³/mol. The van der Waals surface area contributed by atoms with Crippen molar-refractivity contribution in [2.45, 2.75) is 51.6 Å². The summed E-state index contributed by atoms with van der Waals surface area (Å²) in [6.45, 7) is 3.55. The summed E-state index contributed by atoms with van der Waals surface area (Å²) in [4.78, 5) is 27.3. The molecule has 0 bridgehead atoms. The van der Waals surface area contributed by atoms with Crippen LogP contribution in [0.2, 0.25) is 0 Å². The van der Waals surface area contributed by atoms with Crippen molar-refractivity contribution in [1.82, 2.24) is 9.47 Å². The molecular formula is C22H26FN3O2. The van der Waals surface area contributed by atoms with E-state index in [1.165, 1.54) is 6.07 Å². The maximum Gasteiger partial charge on any atom is 0.227 e. The number of nitrogens with zero attached hydrogens (tertiary/aromatic N) is 2. The lowest BCUT2D eigenvalue weighted by atomic mass is 9.92. The second-order valence-corrected chi connectivity index (χ2v) is 7.91. The largest absolute Gasteiger partial charge is 0.343 e. The fourth-order valence-corrected chi connectivity index (χ4v) is 4.49. The van der Waals surface area contributed by atoms with Crippen molar-refractivity contribution in [2.24, 2.45) is 5.73 Å². The lowest BCUT2D eigenvalue weighted by molar-refractivity contribution is -0.129. The molecule has 0 saturated carbocycles. The molecule has 4 rings (SSSR count). The molecule has 0 radical (unpaired) electrons. The molecule has 2 aliphatic rings. The minimum Gasteiger partial charge on any atom is -0.343 e. The lowest BCUT2D eigenvalue weighted by Crippen LogP contribution is -2.33. The highest BCUT2D eigenvalue weighted by Crippen LogP contribution is 2.32. The number of ketones is 1. The van der Waals surface area contributed by atoms with Crippen molar-refractivity contribution in [3.63, 3.8) is 0 Å². The van der Waals surface area contributed by atoms with Crippen LogP contribution in [-0.2, 0) is 24.2 Å². The molecule has 148 valence electrons. The van der Waals surface area contributed by atoms with Gasteiger partial charge < -0.3 is 15.2 Å². The number of nitrogens with two attached hydrogens (primary N) is 1. The summed E-state index contributed by atoms with van der Waals surface area (Å²) in [5.74, 6) is -0.145. The van der Waals surface area contributed by atoms with E-state index in [0.717, 1.165) is 36.2 Å². The number of hydrogen-bond donors (Lipinski definition) is 1. The van der Waals surface area contributed by atoms with Crippen LogP contribution >= 0.6 is 0 Å². The minimum atomic E-state index is -0.254. The molecule has 1 amide bonds. The Hall–Kier alpha value is -2.47. The third-order valence-corrected chi connectivity index (χ3v) is 6.05. The SMILES string of the molecule is Cc1c(CC(=O)N2CC[C@@H](N)C2)c2c(n1Cc1ccccc1F)CCCC2=O. The van der Waals surface area contributed by atoms with E-state index < -0.39 is 0 Å². The smallest absolute Gasteiger partial charge is 0.227 e. The lowest BCUT2D eigenvalue weighted by Gasteiger charge is -2.17. The predicted octanol–water partition coefficient (Wildman–Crippen LogP) is 2.61. The van der Waals surface area contributed by atoms with Crippen LogP contribution in [0.3, 0.4) is 0 Å². The van der Waals surface area contributed by atoms with Crippen LogP contribution < -0.4 is 5.73 Å². The Morgan fingerprint density at radius 1 is 1.29 bits per heavy atom. The zero-order chi connectivity index (χ0) is 19.8. The van der Waals surface area contributed by atoms with Crippen LogP contribution in [0.1, 0.15) is 52.1 Å². The number of hydrogen-bond acceptors (Lipinski definition) is 3. The summed E-state index contributed by atoms with van der Waals surface area (Å²) in [6.07, 6.45) is 3.10. The van der Waals surface area contributed by atoms with Gasteiger partial charge in [-0.1, -0.05) is 18.2 Å². The third kappa shape index (κ3) is 3.37. The first-order valence-corrected chi connectivity index (χ1v) is 9.96. The zero-order valence-corrected chi connectivity index (χ0v) is 16.2. The van der Waals surface area contributed by atoms with Crippen molar-refractivity contribution in [3.05, 3.63) is 58.2 Å². The van der Waals surface area contributed by atoms with Gasteiger partial charge in [0.15, 0.2) is 5.78 Å². The second-order valence-electron chi connectivity index (χ2n) is 7.91. The quantitative estimate of drug-likeness (QED) is 0.882. The van der Waals surface area contributed by atoms with Crippen molar-refractivity contribution >= 4 is 11.7 Å². The van der Waals surface area contributed by atoms with E-state index in [0.29, 0.717) is 37.2 Å². The van der Waals surface area contributed by atoms with Crippen molar-refractivity contribution in [2.75, 3.05) is 13.1 Å². The number of rotatable bonds is 4. The third-order valence-electron chi connectivity index (χ3n) is 6.05. The summed E-state index contributed by atoms with van der Waals surface area (Å²) in [6, 6.07) is 6.74. The van der Waals surface area contributed by atoms with Gasteiger partial charge in [0, 0.05) is 48.1 Å². The van der Waals surface area contributed by atoms with Crippen molar-refractivity contribution < 1.29 is 14.0 Å². The van der Waals surface area contributed by atoms with Gasteiger partial charge >= 0.3 is 0 Å². The van der Waals surface area contributed by atoms with E-state index >= 15 is 0 Å². The zero-order valence-electron chi connectivity index (χ0n) is 16.2. The minimum absolute atomic E-state index is 0.0141. The molecule has 1 atom stereocenters. The highest BCUT2D eigenvalue weighted by Gasteiger charge is 2.31. The first-order valence-electron chi connectivity index (χ1n) is 9.96. The molecule has 5 nitrogen and oxygen atoms in total. The van der Waals surface area contributed by atoms with Crippen molar-refractivity contribution in [3.8, 4) is 0 Å². The molecule has 6 heteroatoms. The van der Waals surface area contributed by atoms with Crippen LogP contribution in [0.4, 0.5) is 4.39 Å². The van der Waals surface area contributed by atoms with E-state index in [9.17, 15) is 14.0 Å². The molecule has 1 aliphatic carbocycles. The molecule has 1 aliphatic heterocycles. The fraction of sp³-hybridized carbons (Fsp3) is 0.455. The fourth-order valence-electron chi connectivity index (χ4n) is 4.49. The Morgan fingerprint density at radius 3 is 2.79 bits per heavy atom. The van der Waals surface area contributed by atoms with Crippen LogP contribution in [0.25, 0.3) is 0 Å². The maximum absolute atomic E-state index is 14.2. The molecular weight excluding hydrogens is 357 g/mol. The summed E-state index contributed by atoms with van der Waals surface area (Å²) >= 11 is 0. The molecule has 28 heavy (non-hydrogen) atoms. The number of Topliss-reactive ketones (excluding diaryl/α,β-unsaturated/α-hetero) is 1. The number of fused-ring (bicyclic) bond motifs is 1. The highest BCUT2D eigenvalue weighted by molar-refractivity contribution is 6.01. The van der Waals surface area contributed by atoms with Crippen LogP contribution in [0.5, 0.6) is 0 Å². The maximum atomic E-state index is 14.2. The Bertz CT molecular complexity index is 934. The first-order chi connectivity index (χ1) is 13.5. The van der Waals surface area contributed by atoms with Crippen LogP contribution in [0.15, 0.2) is 24.3 Å². The van der Waals surface area contributed by atoms with Gasteiger partial charge in [-0.15, -0.1) is 0 Å². The number of likely N-dealkylation sites (tertiary alicyclic amines) is 1. The molecule has 1 fully saturated rings. The molecule has 1 aromatic heterocycles. The van der Waals surface area contributed by atoms with Crippen molar-refractivity contribution in [1.29, 1.82) is 0 Å². The molecule has 1 aromatic carbocycles. The van der Waals surface area contributed by atoms with E-state index in [-0.39, 0.29) is 30.0 Å². The van der Waals surface area contributed by atoms with E-state index in [2.05, 4.69) is 0 Å². The van der Waals surface area contributed by atoms with Gasteiger partial charge in [0.2, 0.25) is 5.91 Å². The molecule has 0 spiro atoms. The normalized spacial score (nSPS) is 19.2. The molecule has 2 N–H and O–H groups in total. The molecule has 1 saturated heterocycles. The van der Waals surface area contributed by atoms with Crippen LogP contribution in [-0.4, -0.2) is 40.3 Å². The van der Waals surface area contributed by atoms with Gasteiger partial charge in [0.25, 0.3) is 0 Å². The van der Waals surface area contributed by atoms with Gasteiger partial charge in [0.05, 0.1) is 13.0 Å². The summed E-state index contributed by atoms with van der Waals surface area (Å²) < 4.78 is 16.3. The van der Waals surface area contributed by atoms with Gasteiger partial charge in [-0.2, -0.15) is 0 Å². The number of aromatic nitrogens is 1. The molecule has 2 heterocycles. The number of halogens is 1. The van der Waals surface area contributed by atoms with Gasteiger partial charge in [-0.3, -0.25) is 9.59 Å². The number of carbonyl (C=O) groups is 2. The average molecular weight is 383 g/mol. The monoisotopic (exact) mass is 383 g/mol. The van der Waals surface area contributed by atoms with Gasteiger partial charge in [0.1, 0.15) is 5.82 Å². The van der Waals surface area contributed by atoms with E-state index in [1.807, 2.05) is 17.6 Å². The number of benzene rings is 1. The standard InChI is InChI=1S/C22H26FN3O2/c1-14-17(11-21(28)25-10-9-16(24)13-25)22-19(7-4-8-20(22)27)26(14)12-15-5-2-3-6-18(15)23/h2-3,5-6,16H,4,7-13,24H2,1H3/t16-/m1/s1. The Labute approximate surface area is 164 Å². The average Bonchev–Trinajstić information content (AvgIpc) is 3.21. The Morgan fingerprint density at radius 2 is 2.07 bits per heavy atom. The topological polar surface area (TPSA) is 68.3 Å². The number of carbonyl (C=O) groups excluding carboxylic acids is 2. The molecule has 2 aromatic rings. The summed E-state index contributed by atoms with van der Waals surface area (Å²) in [5.41, 5.74) is 9.85. The van der Waals surface area contributed by atoms with E-state index in [1.54, 1.807) is 17.0 Å². The number of amides is 1. The Balaban J connectivity index is 1.70. The molecule has 0 unspecified atom stereocenters.